The minimum Gasteiger partial charge on any atom is -0.489 e. The van der Waals surface area contributed by atoms with Gasteiger partial charge in [-0.25, -0.2) is 0 Å². The lowest BCUT2D eigenvalue weighted by Gasteiger charge is -2.24. The highest BCUT2D eigenvalue weighted by molar-refractivity contribution is 5.34. The molecule has 2 N–H and O–H groups in total. The van der Waals surface area contributed by atoms with Gasteiger partial charge in [-0.15, -0.1) is 0 Å². The van der Waals surface area contributed by atoms with E-state index in [1.807, 2.05) is 18.2 Å². The van der Waals surface area contributed by atoms with E-state index in [0.29, 0.717) is 24.6 Å². The van der Waals surface area contributed by atoms with Crippen LogP contribution >= 0.6 is 0 Å². The fourth-order valence-electron chi connectivity index (χ4n) is 3.60. The van der Waals surface area contributed by atoms with Crippen LogP contribution in [-0.4, -0.2) is 25.2 Å². The Morgan fingerprint density at radius 3 is 2.62 bits per heavy atom. The molecule has 1 heterocycles. The molecular formula is C21H26N2O. The molecule has 1 saturated heterocycles. The third kappa shape index (κ3) is 3.97. The molecule has 1 saturated carbocycles. The zero-order chi connectivity index (χ0) is 16.2. The SMILES string of the molecule is c1ccc(COc2ccc([C@H]3C[C@@H]3NC3CCCNC3)cc2)cc1. The fraction of sp³-hybridized carbons (Fsp3) is 0.429. The molecule has 126 valence electrons. The van der Waals surface area contributed by atoms with Crippen LogP contribution in [0.25, 0.3) is 0 Å². The van der Waals surface area contributed by atoms with Gasteiger partial charge in [0.15, 0.2) is 0 Å². The van der Waals surface area contributed by atoms with Gasteiger partial charge in [-0.3, -0.25) is 0 Å². The van der Waals surface area contributed by atoms with Gasteiger partial charge >= 0.3 is 0 Å². The van der Waals surface area contributed by atoms with Gasteiger partial charge in [0.1, 0.15) is 12.4 Å². The van der Waals surface area contributed by atoms with E-state index >= 15 is 0 Å². The highest BCUT2D eigenvalue weighted by Crippen LogP contribution is 2.41. The maximum Gasteiger partial charge on any atom is 0.119 e. The van der Waals surface area contributed by atoms with E-state index in [1.54, 1.807) is 0 Å². The van der Waals surface area contributed by atoms with Crippen molar-refractivity contribution in [3.05, 3.63) is 65.7 Å². The van der Waals surface area contributed by atoms with Crippen LogP contribution in [0.1, 0.15) is 36.3 Å². The van der Waals surface area contributed by atoms with E-state index in [4.69, 9.17) is 4.74 Å². The summed E-state index contributed by atoms with van der Waals surface area (Å²) in [5.41, 5.74) is 2.64. The van der Waals surface area contributed by atoms with Crippen LogP contribution < -0.4 is 15.4 Å². The van der Waals surface area contributed by atoms with Gasteiger partial charge < -0.3 is 15.4 Å². The molecule has 0 bridgehead atoms. The Bertz CT molecular complexity index is 635. The maximum atomic E-state index is 5.87. The first kappa shape index (κ1) is 15.7. The summed E-state index contributed by atoms with van der Waals surface area (Å²) in [6, 6.07) is 20.3. The minimum absolute atomic E-state index is 0.627. The number of hydrogen-bond acceptors (Lipinski definition) is 3. The van der Waals surface area contributed by atoms with Gasteiger partial charge in [0.2, 0.25) is 0 Å². The average Bonchev–Trinajstić information content (AvgIpc) is 3.41. The molecule has 2 aromatic carbocycles. The average molecular weight is 322 g/mol. The molecule has 0 radical (unpaired) electrons. The molecule has 1 aliphatic heterocycles. The van der Waals surface area contributed by atoms with E-state index < -0.39 is 0 Å². The predicted molar refractivity (Wildman–Crippen MR) is 97.4 cm³/mol. The van der Waals surface area contributed by atoms with Crippen molar-refractivity contribution in [3.8, 4) is 5.75 Å². The second kappa shape index (κ2) is 7.37. The number of hydrogen-bond donors (Lipinski definition) is 2. The Morgan fingerprint density at radius 1 is 1.04 bits per heavy atom. The van der Waals surface area contributed by atoms with Crippen LogP contribution in [0.5, 0.6) is 5.75 Å². The van der Waals surface area contributed by atoms with Gasteiger partial charge in [-0.05, 0) is 49.1 Å². The number of rotatable bonds is 6. The number of piperidine rings is 1. The molecule has 3 heteroatoms. The highest BCUT2D eigenvalue weighted by Gasteiger charge is 2.39. The zero-order valence-corrected chi connectivity index (χ0v) is 14.1. The summed E-state index contributed by atoms with van der Waals surface area (Å²) in [5, 5.41) is 7.29. The van der Waals surface area contributed by atoms with Crippen LogP contribution in [0.3, 0.4) is 0 Å². The second-order valence-electron chi connectivity index (χ2n) is 7.00. The van der Waals surface area contributed by atoms with Crippen molar-refractivity contribution in [2.75, 3.05) is 13.1 Å². The lowest BCUT2D eigenvalue weighted by molar-refractivity contribution is 0.306. The summed E-state index contributed by atoms with van der Waals surface area (Å²) in [7, 11) is 0. The molecular weight excluding hydrogens is 296 g/mol. The number of nitrogens with one attached hydrogen (secondary N) is 2. The summed E-state index contributed by atoms with van der Waals surface area (Å²) in [4.78, 5) is 0. The van der Waals surface area contributed by atoms with E-state index in [9.17, 15) is 0 Å². The van der Waals surface area contributed by atoms with Crippen molar-refractivity contribution >= 4 is 0 Å². The summed E-state index contributed by atoms with van der Waals surface area (Å²) in [5.74, 6) is 1.62. The third-order valence-electron chi connectivity index (χ3n) is 5.09. The first-order valence-electron chi connectivity index (χ1n) is 9.12. The van der Waals surface area contributed by atoms with E-state index in [2.05, 4.69) is 47.0 Å². The van der Waals surface area contributed by atoms with Gasteiger partial charge in [-0.2, -0.15) is 0 Å². The molecule has 1 unspecified atom stereocenters. The molecule has 0 aromatic heterocycles. The monoisotopic (exact) mass is 322 g/mol. The van der Waals surface area contributed by atoms with E-state index in [1.165, 1.54) is 36.9 Å². The molecule has 3 atom stereocenters. The Morgan fingerprint density at radius 2 is 1.88 bits per heavy atom. The van der Waals surface area contributed by atoms with Gasteiger partial charge in [0.25, 0.3) is 0 Å². The first-order chi connectivity index (χ1) is 11.9. The molecule has 4 rings (SSSR count). The Labute approximate surface area is 144 Å². The summed E-state index contributed by atoms with van der Waals surface area (Å²) in [6.45, 7) is 2.93. The summed E-state index contributed by atoms with van der Waals surface area (Å²) in [6.07, 6.45) is 3.87. The summed E-state index contributed by atoms with van der Waals surface area (Å²) >= 11 is 0. The molecule has 3 nitrogen and oxygen atoms in total. The molecule has 2 aromatic rings. The molecule has 24 heavy (non-hydrogen) atoms. The first-order valence-corrected chi connectivity index (χ1v) is 9.12. The van der Waals surface area contributed by atoms with Crippen LogP contribution in [0.15, 0.2) is 54.6 Å². The smallest absolute Gasteiger partial charge is 0.119 e. The van der Waals surface area contributed by atoms with Crippen LogP contribution in [-0.2, 0) is 6.61 Å². The van der Waals surface area contributed by atoms with Crippen molar-refractivity contribution in [3.63, 3.8) is 0 Å². The highest BCUT2D eigenvalue weighted by atomic mass is 16.5. The van der Waals surface area contributed by atoms with Gasteiger partial charge in [0.05, 0.1) is 0 Å². The molecule has 1 aliphatic carbocycles. The lowest BCUT2D eigenvalue weighted by Crippen LogP contribution is -2.44. The van der Waals surface area contributed by atoms with Gasteiger partial charge in [-0.1, -0.05) is 42.5 Å². The van der Waals surface area contributed by atoms with E-state index in [0.717, 1.165) is 12.3 Å². The van der Waals surface area contributed by atoms with Crippen LogP contribution in [0.2, 0.25) is 0 Å². The molecule has 2 aliphatic rings. The fourth-order valence-corrected chi connectivity index (χ4v) is 3.60. The summed E-state index contributed by atoms with van der Waals surface area (Å²) < 4.78 is 5.87. The topological polar surface area (TPSA) is 33.3 Å². The van der Waals surface area contributed by atoms with E-state index in [-0.39, 0.29) is 0 Å². The number of ether oxygens (including phenoxy) is 1. The van der Waals surface area contributed by atoms with Crippen molar-refractivity contribution in [2.45, 2.75) is 43.9 Å². The van der Waals surface area contributed by atoms with Gasteiger partial charge in [0, 0.05) is 24.5 Å². The molecule has 0 spiro atoms. The Balaban J connectivity index is 1.27. The van der Waals surface area contributed by atoms with Crippen LogP contribution in [0, 0.1) is 0 Å². The van der Waals surface area contributed by atoms with Crippen molar-refractivity contribution < 1.29 is 4.74 Å². The normalized spacial score (nSPS) is 26.1. The maximum absolute atomic E-state index is 5.87. The predicted octanol–water partition coefficient (Wildman–Crippen LogP) is 3.46. The standard InChI is InChI=1S/C21H26N2O/c1-2-5-16(6-3-1)15-24-19-10-8-17(9-11-19)20-13-21(20)23-18-7-4-12-22-14-18/h1-3,5-6,8-11,18,20-23H,4,7,12-15H2/t18?,20-,21+/m1/s1. The van der Waals surface area contributed by atoms with Crippen molar-refractivity contribution in [1.29, 1.82) is 0 Å². The zero-order valence-electron chi connectivity index (χ0n) is 14.1. The number of benzene rings is 2. The Kier molecular flexibility index (Phi) is 4.81. The van der Waals surface area contributed by atoms with Crippen molar-refractivity contribution in [1.82, 2.24) is 10.6 Å². The molecule has 2 fully saturated rings. The third-order valence-corrected chi connectivity index (χ3v) is 5.09. The lowest BCUT2D eigenvalue weighted by atomic mass is 10.1. The Hall–Kier alpha value is -1.84. The minimum atomic E-state index is 0.627. The van der Waals surface area contributed by atoms with Crippen LogP contribution in [0.4, 0.5) is 0 Å². The largest absolute Gasteiger partial charge is 0.489 e. The quantitative estimate of drug-likeness (QED) is 0.854. The van der Waals surface area contributed by atoms with Crippen molar-refractivity contribution in [2.24, 2.45) is 0 Å². The molecule has 0 amide bonds. The second-order valence-corrected chi connectivity index (χ2v) is 7.00.